The average Bonchev–Trinajstić information content (AvgIpc) is 3.24. The molecule has 0 saturated heterocycles. The zero-order chi connectivity index (χ0) is 19.1. The number of aryl methyl sites for hydroxylation is 3. The Bertz CT molecular complexity index is 1110. The monoisotopic (exact) mass is 392 g/mol. The quantitative estimate of drug-likeness (QED) is 0.718. The lowest BCUT2D eigenvalue weighted by atomic mass is 10.1. The molecule has 0 aliphatic rings. The first kappa shape index (κ1) is 18.5. The van der Waals surface area contributed by atoms with E-state index in [9.17, 15) is 13.2 Å². The van der Waals surface area contributed by atoms with Crippen LogP contribution in [-0.2, 0) is 16.4 Å². The van der Waals surface area contributed by atoms with Crippen molar-refractivity contribution in [3.63, 3.8) is 0 Å². The smallest absolute Gasteiger partial charge is 0.275 e. The number of thiophene rings is 1. The van der Waals surface area contributed by atoms with Crippen molar-refractivity contribution in [1.29, 1.82) is 0 Å². The molecule has 0 bridgehead atoms. The van der Waals surface area contributed by atoms with Crippen LogP contribution in [0, 0.1) is 13.8 Å². The van der Waals surface area contributed by atoms with Crippen LogP contribution in [0.4, 0.5) is 5.88 Å². The Morgan fingerprint density at radius 3 is 2.54 bits per heavy atom. The van der Waals surface area contributed by atoms with Crippen molar-refractivity contribution in [3.05, 3.63) is 57.7 Å². The van der Waals surface area contributed by atoms with Crippen LogP contribution in [0.3, 0.4) is 0 Å². The number of nitrogens with one attached hydrogen (secondary N) is 1. The van der Waals surface area contributed by atoms with E-state index in [1.54, 1.807) is 31.2 Å². The van der Waals surface area contributed by atoms with Gasteiger partial charge in [-0.15, -0.1) is 11.3 Å². The molecule has 0 spiro atoms. The number of H-pyrrole nitrogens is 1. The number of anilines is 1. The third-order valence-corrected chi connectivity index (χ3v) is 7.53. The van der Waals surface area contributed by atoms with Gasteiger partial charge in [0, 0.05) is 34.8 Å². The predicted octanol–water partition coefficient (Wildman–Crippen LogP) is 3.70. The molecule has 3 heterocycles. The van der Waals surface area contributed by atoms with E-state index in [-0.39, 0.29) is 15.7 Å². The molecular weight excluding hydrogens is 372 g/mol. The summed E-state index contributed by atoms with van der Waals surface area (Å²) in [5.74, 6) is 0.913. The van der Waals surface area contributed by atoms with Crippen molar-refractivity contribution in [1.82, 2.24) is 4.98 Å². The molecule has 0 radical (unpaired) electrons. The standard InChI is InChI=1S/C18H20N2O4S2/c1-5-13-10-14(12(3)19-18(13)21)15-7-9-17(25-15)26(22,23)20(4)16-8-6-11(2)24-16/h6-10H,5H2,1-4H3,(H,19,21). The van der Waals surface area contributed by atoms with Gasteiger partial charge in [0.15, 0.2) is 0 Å². The summed E-state index contributed by atoms with van der Waals surface area (Å²) >= 11 is 1.17. The van der Waals surface area contributed by atoms with Gasteiger partial charge < -0.3 is 9.40 Å². The lowest BCUT2D eigenvalue weighted by molar-refractivity contribution is 0.534. The van der Waals surface area contributed by atoms with Crippen LogP contribution in [0.1, 0.15) is 23.9 Å². The molecule has 26 heavy (non-hydrogen) atoms. The van der Waals surface area contributed by atoms with Gasteiger partial charge >= 0.3 is 0 Å². The van der Waals surface area contributed by atoms with Gasteiger partial charge in [-0.2, -0.15) is 0 Å². The normalized spacial score (nSPS) is 11.7. The largest absolute Gasteiger partial charge is 0.445 e. The fourth-order valence-corrected chi connectivity index (χ4v) is 5.31. The first-order valence-electron chi connectivity index (χ1n) is 8.12. The van der Waals surface area contributed by atoms with Crippen LogP contribution in [0.2, 0.25) is 0 Å². The number of aromatic amines is 1. The summed E-state index contributed by atoms with van der Waals surface area (Å²) in [7, 11) is -2.25. The number of rotatable bonds is 5. The summed E-state index contributed by atoms with van der Waals surface area (Å²) in [6, 6.07) is 8.52. The molecule has 0 aliphatic heterocycles. The second kappa shape index (κ2) is 6.77. The summed E-state index contributed by atoms with van der Waals surface area (Å²) < 4.78 is 32.5. The topological polar surface area (TPSA) is 83.4 Å². The summed E-state index contributed by atoms with van der Waals surface area (Å²) in [4.78, 5) is 15.5. The number of hydrogen-bond acceptors (Lipinski definition) is 5. The maximum absolute atomic E-state index is 12.9. The van der Waals surface area contributed by atoms with E-state index in [4.69, 9.17) is 4.42 Å². The molecule has 0 aliphatic carbocycles. The molecule has 138 valence electrons. The Balaban J connectivity index is 2.01. The average molecular weight is 393 g/mol. The molecule has 0 unspecified atom stereocenters. The number of sulfonamides is 1. The highest BCUT2D eigenvalue weighted by Crippen LogP contribution is 2.34. The zero-order valence-corrected chi connectivity index (χ0v) is 16.6. The van der Waals surface area contributed by atoms with Gasteiger partial charge in [0.25, 0.3) is 15.6 Å². The minimum absolute atomic E-state index is 0.105. The van der Waals surface area contributed by atoms with Gasteiger partial charge in [-0.05, 0) is 44.5 Å². The van der Waals surface area contributed by atoms with Gasteiger partial charge in [0.1, 0.15) is 9.97 Å². The maximum atomic E-state index is 12.9. The molecule has 8 heteroatoms. The zero-order valence-electron chi connectivity index (χ0n) is 15.0. The van der Waals surface area contributed by atoms with Crippen molar-refractivity contribution >= 4 is 27.2 Å². The molecule has 1 N–H and O–H groups in total. The minimum atomic E-state index is -3.72. The fraction of sp³-hybridized carbons (Fsp3) is 0.278. The van der Waals surface area contributed by atoms with E-state index >= 15 is 0 Å². The Kier molecular flexibility index (Phi) is 4.81. The predicted molar refractivity (Wildman–Crippen MR) is 104 cm³/mol. The SMILES string of the molecule is CCc1cc(-c2ccc(S(=O)(=O)N(C)c3ccc(C)o3)s2)c(C)[nH]c1=O. The summed E-state index contributed by atoms with van der Waals surface area (Å²) in [6.45, 7) is 5.48. The minimum Gasteiger partial charge on any atom is -0.445 e. The van der Waals surface area contributed by atoms with Crippen LogP contribution in [0.25, 0.3) is 10.4 Å². The van der Waals surface area contributed by atoms with Crippen LogP contribution < -0.4 is 9.86 Å². The second-order valence-corrected chi connectivity index (χ2v) is 9.27. The van der Waals surface area contributed by atoms with Gasteiger partial charge in [0.2, 0.25) is 5.88 Å². The molecule has 0 saturated carbocycles. The first-order chi connectivity index (χ1) is 12.2. The highest BCUT2D eigenvalue weighted by Gasteiger charge is 2.26. The molecule has 3 rings (SSSR count). The lowest BCUT2D eigenvalue weighted by Crippen LogP contribution is -2.25. The highest BCUT2D eigenvalue weighted by atomic mass is 32.2. The summed E-state index contributed by atoms with van der Waals surface area (Å²) in [5.41, 5.74) is 2.12. The van der Waals surface area contributed by atoms with Crippen molar-refractivity contribution < 1.29 is 12.8 Å². The Morgan fingerprint density at radius 2 is 1.92 bits per heavy atom. The van der Waals surface area contributed by atoms with Crippen LogP contribution in [0.5, 0.6) is 0 Å². The summed E-state index contributed by atoms with van der Waals surface area (Å²) in [6.07, 6.45) is 0.611. The van der Waals surface area contributed by atoms with E-state index < -0.39 is 10.0 Å². The number of aromatic nitrogens is 1. The number of pyridine rings is 1. The van der Waals surface area contributed by atoms with Crippen LogP contribution in [-0.4, -0.2) is 20.4 Å². The first-order valence-corrected chi connectivity index (χ1v) is 10.4. The van der Waals surface area contributed by atoms with Gasteiger partial charge in [-0.3, -0.25) is 4.79 Å². The number of nitrogens with zero attached hydrogens (tertiary/aromatic N) is 1. The van der Waals surface area contributed by atoms with E-state index in [1.165, 1.54) is 18.4 Å². The van der Waals surface area contributed by atoms with Gasteiger partial charge in [-0.1, -0.05) is 6.92 Å². The van der Waals surface area contributed by atoms with E-state index in [1.807, 2.05) is 19.9 Å². The molecular formula is C18H20N2O4S2. The molecule has 0 fully saturated rings. The molecule has 0 amide bonds. The van der Waals surface area contributed by atoms with Gasteiger partial charge in [-0.25, -0.2) is 12.7 Å². The molecule has 3 aromatic heterocycles. The number of furan rings is 1. The highest BCUT2D eigenvalue weighted by molar-refractivity contribution is 7.94. The third-order valence-electron chi connectivity index (χ3n) is 4.19. The summed E-state index contributed by atoms with van der Waals surface area (Å²) in [5, 5.41) is 0. The van der Waals surface area contributed by atoms with Crippen molar-refractivity contribution in [2.24, 2.45) is 0 Å². The van der Waals surface area contributed by atoms with Gasteiger partial charge in [0.05, 0.1) is 0 Å². The van der Waals surface area contributed by atoms with E-state index in [0.717, 1.165) is 14.7 Å². The molecule has 0 atom stereocenters. The molecule has 3 aromatic rings. The van der Waals surface area contributed by atoms with E-state index in [0.29, 0.717) is 23.4 Å². The number of hydrogen-bond donors (Lipinski definition) is 1. The van der Waals surface area contributed by atoms with E-state index in [2.05, 4.69) is 4.98 Å². The van der Waals surface area contributed by atoms with Crippen molar-refractivity contribution in [3.8, 4) is 10.4 Å². The molecule has 0 aromatic carbocycles. The van der Waals surface area contributed by atoms with Crippen molar-refractivity contribution in [2.45, 2.75) is 31.4 Å². The third kappa shape index (κ3) is 3.22. The Labute approximate surface area is 156 Å². The van der Waals surface area contributed by atoms with Crippen LogP contribution >= 0.6 is 11.3 Å². The van der Waals surface area contributed by atoms with Crippen LogP contribution in [0.15, 0.2) is 43.8 Å². The Hall–Kier alpha value is -2.32. The lowest BCUT2D eigenvalue weighted by Gasteiger charge is -2.15. The maximum Gasteiger partial charge on any atom is 0.275 e. The Morgan fingerprint density at radius 1 is 1.19 bits per heavy atom. The van der Waals surface area contributed by atoms with Crippen molar-refractivity contribution in [2.75, 3.05) is 11.4 Å². The second-order valence-electron chi connectivity index (χ2n) is 5.99. The fourth-order valence-electron chi connectivity index (χ4n) is 2.63. The molecule has 6 nitrogen and oxygen atoms in total.